The summed E-state index contributed by atoms with van der Waals surface area (Å²) in [6.07, 6.45) is 2.73. The Morgan fingerprint density at radius 1 is 1.56 bits per heavy atom. The molecule has 0 aromatic carbocycles. The Labute approximate surface area is 107 Å². The van der Waals surface area contributed by atoms with E-state index >= 15 is 0 Å². The highest BCUT2D eigenvalue weighted by atomic mass is 16.3. The van der Waals surface area contributed by atoms with E-state index < -0.39 is 6.10 Å². The van der Waals surface area contributed by atoms with E-state index in [1.54, 1.807) is 16.9 Å². The van der Waals surface area contributed by atoms with Gasteiger partial charge < -0.3 is 10.4 Å². The molecule has 102 valence electrons. The lowest BCUT2D eigenvalue weighted by molar-refractivity contribution is 0.162. The van der Waals surface area contributed by atoms with Gasteiger partial charge in [-0.2, -0.15) is 5.10 Å². The van der Waals surface area contributed by atoms with Crippen LogP contribution in [0.1, 0.15) is 39.7 Å². The van der Waals surface area contributed by atoms with Gasteiger partial charge in [0, 0.05) is 18.7 Å². The summed E-state index contributed by atoms with van der Waals surface area (Å²) in [6.45, 7) is 6.22. The summed E-state index contributed by atoms with van der Waals surface area (Å²) in [6, 6.07) is 1.59. The zero-order valence-electron chi connectivity index (χ0n) is 11.2. The summed E-state index contributed by atoms with van der Waals surface area (Å²) >= 11 is 0. The molecule has 0 aliphatic heterocycles. The molecule has 1 rings (SSSR count). The third-order valence-corrected chi connectivity index (χ3v) is 2.52. The predicted molar refractivity (Wildman–Crippen MR) is 70.5 cm³/mol. The van der Waals surface area contributed by atoms with Crippen molar-refractivity contribution < 1.29 is 9.90 Å². The van der Waals surface area contributed by atoms with Crippen molar-refractivity contribution in [3.05, 3.63) is 12.3 Å². The van der Waals surface area contributed by atoms with E-state index in [-0.39, 0.29) is 18.6 Å². The lowest BCUT2D eigenvalue weighted by Gasteiger charge is -2.14. The monoisotopic (exact) mass is 254 g/mol. The van der Waals surface area contributed by atoms with Crippen LogP contribution in [0.25, 0.3) is 0 Å². The summed E-state index contributed by atoms with van der Waals surface area (Å²) in [5, 5.41) is 19.0. The van der Waals surface area contributed by atoms with Gasteiger partial charge in [0.05, 0.1) is 12.3 Å². The molecule has 0 aliphatic carbocycles. The van der Waals surface area contributed by atoms with Gasteiger partial charge in [-0.3, -0.25) is 5.32 Å². The maximum Gasteiger partial charge on any atom is 0.320 e. The Morgan fingerprint density at radius 3 is 2.89 bits per heavy atom. The topological polar surface area (TPSA) is 79.2 Å². The van der Waals surface area contributed by atoms with Crippen LogP contribution in [0.3, 0.4) is 0 Å². The van der Waals surface area contributed by atoms with Gasteiger partial charge in [0.2, 0.25) is 0 Å². The van der Waals surface area contributed by atoms with Crippen LogP contribution >= 0.6 is 0 Å². The number of urea groups is 1. The zero-order chi connectivity index (χ0) is 13.5. The fraction of sp³-hybridized carbons (Fsp3) is 0.667. The Hall–Kier alpha value is -1.56. The van der Waals surface area contributed by atoms with E-state index in [0.29, 0.717) is 12.2 Å². The zero-order valence-corrected chi connectivity index (χ0v) is 11.2. The number of anilines is 1. The van der Waals surface area contributed by atoms with Crippen molar-refractivity contribution in [3.8, 4) is 0 Å². The summed E-state index contributed by atoms with van der Waals surface area (Å²) in [5.41, 5.74) is 0. The van der Waals surface area contributed by atoms with Gasteiger partial charge in [-0.1, -0.05) is 13.3 Å². The Balaban J connectivity index is 2.42. The molecule has 2 amide bonds. The van der Waals surface area contributed by atoms with E-state index in [0.717, 1.165) is 6.42 Å². The van der Waals surface area contributed by atoms with E-state index in [4.69, 9.17) is 0 Å². The van der Waals surface area contributed by atoms with E-state index in [9.17, 15) is 9.90 Å². The van der Waals surface area contributed by atoms with Gasteiger partial charge in [0.25, 0.3) is 0 Å². The molecular weight excluding hydrogens is 232 g/mol. The first-order valence-electron chi connectivity index (χ1n) is 6.31. The van der Waals surface area contributed by atoms with Crippen LogP contribution in [0.5, 0.6) is 0 Å². The minimum absolute atomic E-state index is 0.181. The average molecular weight is 254 g/mol. The number of rotatable bonds is 6. The molecule has 3 N–H and O–H groups in total. The van der Waals surface area contributed by atoms with Crippen LogP contribution in [0.15, 0.2) is 12.3 Å². The van der Waals surface area contributed by atoms with Gasteiger partial charge in [-0.15, -0.1) is 0 Å². The molecule has 6 nitrogen and oxygen atoms in total. The Morgan fingerprint density at radius 2 is 2.28 bits per heavy atom. The molecule has 0 fully saturated rings. The molecule has 1 heterocycles. The number of hydrogen-bond acceptors (Lipinski definition) is 3. The normalized spacial score (nSPS) is 12.5. The minimum Gasteiger partial charge on any atom is -0.391 e. The molecule has 1 unspecified atom stereocenters. The number of carbonyl (C=O) groups is 1. The van der Waals surface area contributed by atoms with Crippen molar-refractivity contribution in [1.82, 2.24) is 15.1 Å². The smallest absolute Gasteiger partial charge is 0.320 e. The quantitative estimate of drug-likeness (QED) is 0.723. The van der Waals surface area contributed by atoms with Crippen LogP contribution in [0, 0.1) is 0 Å². The molecule has 1 aromatic rings. The van der Waals surface area contributed by atoms with Crippen molar-refractivity contribution in [2.75, 3.05) is 11.9 Å². The van der Waals surface area contributed by atoms with Crippen LogP contribution < -0.4 is 10.6 Å². The first-order chi connectivity index (χ1) is 8.54. The average Bonchev–Trinajstić information content (AvgIpc) is 2.75. The molecule has 0 spiro atoms. The van der Waals surface area contributed by atoms with Crippen LogP contribution in [-0.4, -0.2) is 33.6 Å². The standard InChI is InChI=1S/C12H22N4O2/c1-4-5-10(17)8-13-12(18)15-11-6-7-14-16(11)9(2)3/h6-7,9-10,17H,4-5,8H2,1-3H3,(H2,13,15,18). The molecule has 1 atom stereocenters. The van der Waals surface area contributed by atoms with Gasteiger partial charge >= 0.3 is 6.03 Å². The minimum atomic E-state index is -0.490. The third kappa shape index (κ3) is 4.37. The van der Waals surface area contributed by atoms with Crippen LogP contribution in [0.2, 0.25) is 0 Å². The van der Waals surface area contributed by atoms with Gasteiger partial charge in [0.15, 0.2) is 0 Å². The second-order valence-electron chi connectivity index (χ2n) is 4.53. The molecule has 0 saturated carbocycles. The number of nitrogens with one attached hydrogen (secondary N) is 2. The first kappa shape index (κ1) is 14.5. The predicted octanol–water partition coefficient (Wildman–Crippen LogP) is 1.75. The highest BCUT2D eigenvalue weighted by Gasteiger charge is 2.10. The van der Waals surface area contributed by atoms with Crippen molar-refractivity contribution >= 4 is 11.8 Å². The van der Waals surface area contributed by atoms with Gasteiger partial charge in [0.1, 0.15) is 5.82 Å². The number of aliphatic hydroxyl groups excluding tert-OH is 1. The van der Waals surface area contributed by atoms with Crippen molar-refractivity contribution in [2.24, 2.45) is 0 Å². The Bertz CT molecular complexity index is 376. The fourth-order valence-corrected chi connectivity index (χ4v) is 1.63. The lowest BCUT2D eigenvalue weighted by atomic mass is 10.2. The largest absolute Gasteiger partial charge is 0.391 e. The Kier molecular flexibility index (Phi) is 5.64. The van der Waals surface area contributed by atoms with Crippen molar-refractivity contribution in [1.29, 1.82) is 0 Å². The number of hydrogen-bond donors (Lipinski definition) is 3. The number of nitrogens with zero attached hydrogens (tertiary/aromatic N) is 2. The van der Waals surface area contributed by atoms with Gasteiger partial charge in [-0.05, 0) is 20.3 Å². The number of carbonyl (C=O) groups excluding carboxylic acids is 1. The highest BCUT2D eigenvalue weighted by Crippen LogP contribution is 2.12. The van der Waals surface area contributed by atoms with Crippen LogP contribution in [0.4, 0.5) is 10.6 Å². The third-order valence-electron chi connectivity index (χ3n) is 2.52. The molecule has 0 aliphatic rings. The van der Waals surface area contributed by atoms with Gasteiger partial charge in [-0.25, -0.2) is 9.48 Å². The molecule has 1 aromatic heterocycles. The van der Waals surface area contributed by atoms with Crippen LogP contribution in [-0.2, 0) is 0 Å². The fourth-order valence-electron chi connectivity index (χ4n) is 1.63. The van der Waals surface area contributed by atoms with Crippen molar-refractivity contribution in [3.63, 3.8) is 0 Å². The maximum absolute atomic E-state index is 11.6. The summed E-state index contributed by atoms with van der Waals surface area (Å²) in [7, 11) is 0. The molecule has 0 radical (unpaired) electrons. The number of aromatic nitrogens is 2. The SMILES string of the molecule is CCCC(O)CNC(=O)Nc1ccnn1C(C)C. The number of amides is 2. The summed E-state index contributed by atoms with van der Waals surface area (Å²) in [5.74, 6) is 0.646. The van der Waals surface area contributed by atoms with Crippen molar-refractivity contribution in [2.45, 2.75) is 45.8 Å². The first-order valence-corrected chi connectivity index (χ1v) is 6.31. The second-order valence-corrected chi connectivity index (χ2v) is 4.53. The van der Waals surface area contributed by atoms with E-state index in [1.807, 2.05) is 20.8 Å². The lowest BCUT2D eigenvalue weighted by Crippen LogP contribution is -2.35. The second kappa shape index (κ2) is 7.00. The van der Waals surface area contributed by atoms with E-state index in [1.165, 1.54) is 0 Å². The molecule has 0 bridgehead atoms. The number of aliphatic hydroxyl groups is 1. The summed E-state index contributed by atoms with van der Waals surface area (Å²) < 4.78 is 1.72. The molecule has 18 heavy (non-hydrogen) atoms. The molecular formula is C12H22N4O2. The molecule has 0 saturated heterocycles. The van der Waals surface area contributed by atoms with E-state index in [2.05, 4.69) is 15.7 Å². The summed E-state index contributed by atoms with van der Waals surface area (Å²) in [4.78, 5) is 11.6. The molecule has 6 heteroatoms. The maximum atomic E-state index is 11.6. The highest BCUT2D eigenvalue weighted by molar-refractivity contribution is 5.88.